The van der Waals surface area contributed by atoms with Gasteiger partial charge in [-0.1, -0.05) is 77.1 Å². The molecule has 0 aliphatic carbocycles. The van der Waals surface area contributed by atoms with Gasteiger partial charge in [-0.2, -0.15) is 31.2 Å². The van der Waals surface area contributed by atoms with Gasteiger partial charge in [0.1, 0.15) is 31.5 Å². The standard InChI is InChI=1S/C39H46F3N6O2S.C10H13NO3.C6H14N2O.C2H3F3.CH3NO.CH2O2/c1-5-27-9-11-28(12-10-27)21-47-35(16-30(17-36(47)51-6-2)38(23-50-24-38)18-34-44-43-25-45(34)4)48-22-32-31(37(48)49)14-29(15-33(32)39(40,41)42)20-46-13-7-8-26(3)19-46;12-8-4-2-1-3-7-11-9(13)5-6-10(11)14;1-4(2)5(8-3)6(7)9;1-2(3,4)5;2*2-1-3/h9-12,14-17,25-26H,5-8,13,18-24H2,1-4H3;5-6,8H,1-4,7H2;4-5,8H,1-3H3,(H2,7,9);1H3;1H,(H2,2,3);1H,(H,2,3)/q+1;;;;;/t26-;;;;;/m0...../s1. The summed E-state index contributed by atoms with van der Waals surface area (Å²) >= 11 is 1.66. The molecule has 1 unspecified atom stereocenters. The summed E-state index contributed by atoms with van der Waals surface area (Å²) < 4.78 is 85.3. The number of benzene rings is 2. The number of nitrogens with zero attached hydrogens (tertiary/aromatic N) is 7. The van der Waals surface area contributed by atoms with Crippen LogP contribution >= 0.6 is 11.8 Å². The number of halogens is 6. The van der Waals surface area contributed by atoms with Crippen LogP contribution in [0, 0.1) is 11.8 Å². The molecular formula is C59H81F6N10O9S+. The zero-order valence-corrected chi connectivity index (χ0v) is 50.3. The van der Waals surface area contributed by atoms with Gasteiger partial charge in [0.15, 0.2) is 5.03 Å². The Bertz CT molecular complexity index is 2830. The van der Waals surface area contributed by atoms with E-state index < -0.39 is 29.2 Å². The fraction of sp³-hybridized carbons (Fsp3) is 0.525. The molecule has 26 heteroatoms. The summed E-state index contributed by atoms with van der Waals surface area (Å²) in [5.74, 6) is 1.77. The molecular weight excluding hydrogens is 1140 g/mol. The number of alkyl halides is 6. The molecule has 0 radical (unpaired) electrons. The number of aryl methyl sites for hydroxylation is 2. The fourth-order valence-electron chi connectivity index (χ4n) is 9.91. The van der Waals surface area contributed by atoms with Crippen molar-refractivity contribution in [2.24, 2.45) is 30.4 Å². The zero-order valence-electron chi connectivity index (χ0n) is 49.5. The number of likely N-dealkylation sites (N-methyl/N-ethyl adjacent to an activating group) is 1. The Morgan fingerprint density at radius 2 is 1.58 bits per heavy atom. The molecule has 0 bridgehead atoms. The highest BCUT2D eigenvalue weighted by atomic mass is 32.2. The lowest BCUT2D eigenvalue weighted by Gasteiger charge is -2.42. The summed E-state index contributed by atoms with van der Waals surface area (Å²) in [6.45, 7) is 14.0. The van der Waals surface area contributed by atoms with E-state index in [0.717, 1.165) is 85.6 Å². The van der Waals surface area contributed by atoms with E-state index >= 15 is 0 Å². The van der Waals surface area contributed by atoms with Gasteiger partial charge in [-0.3, -0.25) is 33.8 Å². The lowest BCUT2D eigenvalue weighted by atomic mass is 9.76. The van der Waals surface area contributed by atoms with Crippen LogP contribution in [-0.4, -0.2) is 130 Å². The highest BCUT2D eigenvalue weighted by Gasteiger charge is 2.48. The summed E-state index contributed by atoms with van der Waals surface area (Å²) in [7, 11) is 3.64. The van der Waals surface area contributed by atoms with Crippen molar-refractivity contribution >= 4 is 60.4 Å². The van der Waals surface area contributed by atoms with E-state index in [1.54, 1.807) is 36.1 Å². The van der Waals surface area contributed by atoms with Crippen LogP contribution in [0.3, 0.4) is 0 Å². The third-order valence-electron chi connectivity index (χ3n) is 14.1. The highest BCUT2D eigenvalue weighted by Crippen LogP contribution is 2.42. The van der Waals surface area contributed by atoms with E-state index in [4.69, 9.17) is 25.2 Å². The van der Waals surface area contributed by atoms with E-state index in [1.807, 2.05) is 31.5 Å². The number of unbranched alkanes of at least 4 members (excludes halogenated alkanes) is 3. The Morgan fingerprint density at radius 3 is 2.05 bits per heavy atom. The maximum absolute atomic E-state index is 14.8. The van der Waals surface area contributed by atoms with Gasteiger partial charge in [-0.05, 0) is 104 Å². The normalized spacial score (nSPS) is 16.4. The predicted octanol–water partition coefficient (Wildman–Crippen LogP) is 7.50. The van der Waals surface area contributed by atoms with E-state index in [2.05, 4.69) is 81.8 Å². The van der Waals surface area contributed by atoms with Crippen molar-refractivity contribution in [3.05, 3.63) is 112 Å². The van der Waals surface area contributed by atoms with Gasteiger partial charge in [-0.15, -0.1) is 10.2 Å². The third-order valence-corrected chi connectivity index (χ3v) is 15.0. The number of aldehydes is 1. The van der Waals surface area contributed by atoms with Gasteiger partial charge in [0.2, 0.25) is 12.3 Å². The molecule has 2 fully saturated rings. The molecule has 4 aromatic rings. The van der Waals surface area contributed by atoms with Crippen LogP contribution in [0.1, 0.15) is 130 Å². The number of ether oxygens (including phenoxy) is 1. The Balaban J connectivity index is 0.000000452. The molecule has 8 rings (SSSR count). The molecule has 2 aromatic carbocycles. The van der Waals surface area contributed by atoms with Crippen molar-refractivity contribution in [2.45, 2.75) is 141 Å². The number of piperidine rings is 1. The van der Waals surface area contributed by atoms with Crippen LogP contribution in [0.5, 0.6) is 0 Å². The number of carbonyl (C=O) groups is 7. The molecule has 6 heterocycles. The van der Waals surface area contributed by atoms with E-state index in [1.165, 1.54) is 28.7 Å². The SMILES string of the molecule is CC(F)(F)F.CCSc1cc(C2(Cc3nncn3C)COC2)cc(N2Cc3c(cc(CN4CCC[C@H](C)C4)cc3C(F)(F)F)C2=O)[n+]1Cc1ccc(CC)cc1.CNC(C(N)=O)C(C)C.NC=O.O=CCCCCCN1C(=O)C=CC1=O.O=CO. The highest BCUT2D eigenvalue weighted by molar-refractivity contribution is 7.99. The summed E-state index contributed by atoms with van der Waals surface area (Å²) in [5.41, 5.74) is 12.0. The van der Waals surface area contributed by atoms with Gasteiger partial charge in [0.05, 0.1) is 30.4 Å². The van der Waals surface area contributed by atoms with Crippen molar-refractivity contribution in [2.75, 3.05) is 50.5 Å². The monoisotopic (exact) mass is 1220 g/mol. The quantitative estimate of drug-likeness (QED) is 0.0167. The lowest BCUT2D eigenvalue weighted by Crippen LogP contribution is -2.51. The number of carboxylic acid groups (broad SMARTS) is 1. The Kier molecular flexibility index (Phi) is 29.6. The summed E-state index contributed by atoms with van der Waals surface area (Å²) in [6, 6.07) is 15.4. The zero-order chi connectivity index (χ0) is 63.7. The van der Waals surface area contributed by atoms with Crippen LogP contribution < -0.4 is 26.3 Å². The van der Waals surface area contributed by atoms with Crippen molar-refractivity contribution in [3.63, 3.8) is 0 Å². The minimum absolute atomic E-state index is 0.0398. The van der Waals surface area contributed by atoms with Crippen LogP contribution in [0.25, 0.3) is 0 Å². The average molecular weight is 1220 g/mol. The van der Waals surface area contributed by atoms with Crippen molar-refractivity contribution < 1.29 is 74.3 Å². The molecule has 4 aliphatic rings. The fourth-order valence-corrected chi connectivity index (χ4v) is 10.7. The summed E-state index contributed by atoms with van der Waals surface area (Å²) in [4.78, 5) is 79.2. The van der Waals surface area contributed by atoms with Gasteiger partial charge in [-0.25, -0.2) is 9.36 Å². The first-order valence-electron chi connectivity index (χ1n) is 27.9. The van der Waals surface area contributed by atoms with E-state index in [0.29, 0.717) is 63.0 Å². The first-order valence-corrected chi connectivity index (χ1v) is 28.8. The van der Waals surface area contributed by atoms with E-state index in [9.17, 15) is 50.3 Å². The maximum Gasteiger partial charge on any atom is 0.416 e. The molecule has 0 saturated carbocycles. The molecule has 85 heavy (non-hydrogen) atoms. The Morgan fingerprint density at radius 1 is 0.965 bits per heavy atom. The number of aromatic nitrogens is 4. The second-order valence-electron chi connectivity index (χ2n) is 21.1. The molecule has 19 nitrogen and oxygen atoms in total. The molecule has 4 aliphatic heterocycles. The number of nitrogens with one attached hydrogen (secondary N) is 1. The molecule has 468 valence electrons. The Labute approximate surface area is 496 Å². The first-order chi connectivity index (χ1) is 40.1. The Hall–Kier alpha value is -7.03. The number of nitrogens with two attached hydrogens (primary N) is 2. The molecule has 2 aromatic heterocycles. The number of anilines is 1. The van der Waals surface area contributed by atoms with Crippen LogP contribution in [0.2, 0.25) is 0 Å². The molecule has 6 N–H and O–H groups in total. The van der Waals surface area contributed by atoms with Gasteiger partial charge < -0.3 is 36.0 Å². The molecule has 5 amide bonds. The van der Waals surface area contributed by atoms with Gasteiger partial charge >= 0.3 is 18.3 Å². The minimum atomic E-state index is -4.60. The van der Waals surface area contributed by atoms with Crippen molar-refractivity contribution in [1.29, 1.82) is 0 Å². The first kappa shape index (κ1) is 72.2. The van der Waals surface area contributed by atoms with Gasteiger partial charge in [0.25, 0.3) is 24.1 Å². The number of pyridine rings is 1. The number of amides is 5. The number of hydrogen-bond donors (Lipinski definition) is 4. The number of imide groups is 1. The van der Waals surface area contributed by atoms with Crippen molar-refractivity contribution in [1.82, 2.24) is 29.9 Å². The minimum Gasteiger partial charge on any atom is -0.483 e. The number of likely N-dealkylation sites (tertiary alicyclic amines) is 1. The maximum atomic E-state index is 14.8. The number of rotatable bonds is 20. The second kappa shape index (κ2) is 34.8. The average Bonchev–Trinajstić information content (AvgIpc) is 4.07. The summed E-state index contributed by atoms with van der Waals surface area (Å²) in [5, 5.41) is 19.1. The molecule has 2 saturated heterocycles. The van der Waals surface area contributed by atoms with Crippen LogP contribution in [0.4, 0.5) is 32.2 Å². The lowest BCUT2D eigenvalue weighted by molar-refractivity contribution is -0.712. The van der Waals surface area contributed by atoms with E-state index in [-0.39, 0.29) is 67.2 Å². The van der Waals surface area contributed by atoms with Crippen LogP contribution in [0.15, 0.2) is 72.0 Å². The van der Waals surface area contributed by atoms with Gasteiger partial charge in [0, 0.05) is 75.6 Å². The molecule has 2 atom stereocenters. The number of primary amides is 2. The van der Waals surface area contributed by atoms with Crippen LogP contribution in [-0.2, 0) is 84.6 Å². The number of thioether (sulfide) groups is 1. The van der Waals surface area contributed by atoms with Crippen molar-refractivity contribution in [3.8, 4) is 0 Å². The second-order valence-corrected chi connectivity index (χ2v) is 22.4. The number of carbonyl (C=O) groups excluding carboxylic acids is 6. The topological polar surface area (TPSA) is 257 Å². The molecule has 0 spiro atoms. The smallest absolute Gasteiger partial charge is 0.416 e. The predicted molar refractivity (Wildman–Crippen MR) is 309 cm³/mol. The number of fused-ring (bicyclic) bond motifs is 1. The third kappa shape index (κ3) is 22.4. The summed E-state index contributed by atoms with van der Waals surface area (Å²) in [6.07, 6.45) is 3.43. The largest absolute Gasteiger partial charge is 0.483 e. The number of hydrogen-bond acceptors (Lipinski definition) is 13.